The third-order valence-electron chi connectivity index (χ3n) is 7.29. The van der Waals surface area contributed by atoms with Crippen molar-refractivity contribution in [2.45, 2.75) is 59.3 Å². The Morgan fingerprint density at radius 1 is 0.921 bits per heavy atom. The maximum atomic E-state index is 13.5. The summed E-state index contributed by atoms with van der Waals surface area (Å²) in [6.07, 6.45) is 2.06. The van der Waals surface area contributed by atoms with E-state index in [4.69, 9.17) is 21.1 Å². The van der Waals surface area contributed by atoms with Gasteiger partial charge in [0.15, 0.2) is 18.2 Å². The molecule has 0 spiro atoms. The lowest BCUT2D eigenvalue weighted by Gasteiger charge is -2.42. The van der Waals surface area contributed by atoms with Gasteiger partial charge in [-0.2, -0.15) is 0 Å². The van der Waals surface area contributed by atoms with E-state index in [1.165, 1.54) is 0 Å². The number of hydrogen-bond donors (Lipinski definition) is 1. The van der Waals surface area contributed by atoms with Crippen LogP contribution in [0.1, 0.15) is 64.9 Å². The van der Waals surface area contributed by atoms with Crippen LogP contribution in [0.25, 0.3) is 0 Å². The summed E-state index contributed by atoms with van der Waals surface area (Å²) in [4.78, 5) is 39.4. The summed E-state index contributed by atoms with van der Waals surface area (Å²) in [5.41, 5.74) is 2.00. The normalized spacial score (nSPS) is 20.4. The topological polar surface area (TPSA) is 81.7 Å². The van der Waals surface area contributed by atoms with E-state index in [1.807, 2.05) is 18.2 Å². The number of anilines is 1. The van der Waals surface area contributed by atoms with E-state index in [1.54, 1.807) is 30.3 Å². The molecule has 1 amide bonds. The highest BCUT2D eigenvalue weighted by Gasteiger charge is 2.47. The number of Topliss-reactive ketones (excluding diaryl/α,β-unsaturated/α-hetero) is 2. The zero-order chi connectivity index (χ0) is 27.2. The van der Waals surface area contributed by atoms with Crippen LogP contribution < -0.4 is 10.1 Å². The highest BCUT2D eigenvalue weighted by Crippen LogP contribution is 2.53. The third-order valence-corrected chi connectivity index (χ3v) is 7.62. The molecule has 5 rings (SSSR count). The molecule has 2 aliphatic carbocycles. The van der Waals surface area contributed by atoms with E-state index in [0.717, 1.165) is 5.56 Å². The molecule has 0 unspecified atom stereocenters. The maximum Gasteiger partial charge on any atom is 0.262 e. The van der Waals surface area contributed by atoms with Crippen LogP contribution in [-0.2, 0) is 19.1 Å². The third kappa shape index (κ3) is 5.28. The molecule has 0 fully saturated rings. The quantitative estimate of drug-likeness (QED) is 0.459. The first-order valence-corrected chi connectivity index (χ1v) is 13.3. The second-order valence-corrected chi connectivity index (χ2v) is 12.4. The summed E-state index contributed by atoms with van der Waals surface area (Å²) in [6, 6.07) is 14.3. The lowest BCUT2D eigenvalue weighted by atomic mass is 9.65. The van der Waals surface area contributed by atoms with Gasteiger partial charge in [0.1, 0.15) is 17.3 Å². The lowest BCUT2D eigenvalue weighted by Crippen LogP contribution is -2.37. The van der Waals surface area contributed by atoms with Crippen LogP contribution in [0, 0.1) is 10.8 Å². The van der Waals surface area contributed by atoms with Gasteiger partial charge in [0.2, 0.25) is 0 Å². The number of rotatable bonds is 5. The van der Waals surface area contributed by atoms with Gasteiger partial charge in [0, 0.05) is 42.7 Å². The monoisotopic (exact) mass is 533 g/mol. The van der Waals surface area contributed by atoms with Gasteiger partial charge in [-0.25, -0.2) is 0 Å². The number of allylic oxidation sites excluding steroid dienone is 4. The van der Waals surface area contributed by atoms with E-state index >= 15 is 0 Å². The number of carbonyl (C=O) groups is 3. The molecule has 0 radical (unpaired) electrons. The zero-order valence-electron chi connectivity index (χ0n) is 22.2. The largest absolute Gasteiger partial charge is 0.484 e. The summed E-state index contributed by atoms with van der Waals surface area (Å²) >= 11 is 6.13. The van der Waals surface area contributed by atoms with Crippen LogP contribution in [0.5, 0.6) is 5.75 Å². The lowest BCUT2D eigenvalue weighted by molar-refractivity contribution is -0.120. The molecule has 2 aromatic carbocycles. The SMILES string of the molecule is CC1(C)CC(=O)C2=C(C1)OC1=C(C(=O)CC(C)(C)C1)C2c1cccc(OCC(=O)Nc2ccccc2Cl)c1. The Labute approximate surface area is 228 Å². The number of nitrogens with one attached hydrogen (secondary N) is 1. The first kappa shape index (κ1) is 26.2. The molecular formula is C31H32ClNO5. The second kappa shape index (κ2) is 9.73. The highest BCUT2D eigenvalue weighted by atomic mass is 35.5. The minimum absolute atomic E-state index is 0.0101. The van der Waals surface area contributed by atoms with Crippen molar-refractivity contribution in [3.63, 3.8) is 0 Å². The number of hydrogen-bond acceptors (Lipinski definition) is 5. The fraction of sp³-hybridized carbons (Fsp3) is 0.387. The van der Waals surface area contributed by atoms with Gasteiger partial charge in [0.05, 0.1) is 10.7 Å². The van der Waals surface area contributed by atoms with Crippen molar-refractivity contribution in [2.24, 2.45) is 10.8 Å². The summed E-state index contributed by atoms with van der Waals surface area (Å²) in [5.74, 6) is 0.976. The van der Waals surface area contributed by atoms with E-state index < -0.39 is 5.92 Å². The molecule has 7 heteroatoms. The molecule has 0 atom stereocenters. The molecule has 0 saturated carbocycles. The van der Waals surface area contributed by atoms with E-state index in [0.29, 0.717) is 64.8 Å². The molecule has 1 heterocycles. The summed E-state index contributed by atoms with van der Waals surface area (Å²) in [7, 11) is 0. The van der Waals surface area contributed by atoms with Gasteiger partial charge in [-0.1, -0.05) is 63.6 Å². The molecular weight excluding hydrogens is 502 g/mol. The van der Waals surface area contributed by atoms with Crippen molar-refractivity contribution in [2.75, 3.05) is 11.9 Å². The zero-order valence-corrected chi connectivity index (χ0v) is 22.9. The predicted molar refractivity (Wildman–Crippen MR) is 146 cm³/mol. The Morgan fingerprint density at radius 3 is 2.13 bits per heavy atom. The van der Waals surface area contributed by atoms with E-state index in [2.05, 4.69) is 33.0 Å². The van der Waals surface area contributed by atoms with Crippen LogP contribution in [0.15, 0.2) is 71.2 Å². The van der Waals surface area contributed by atoms with Crippen LogP contribution in [0.2, 0.25) is 5.02 Å². The molecule has 1 N–H and O–H groups in total. The molecule has 1 aliphatic heterocycles. The molecule has 6 nitrogen and oxygen atoms in total. The first-order valence-electron chi connectivity index (χ1n) is 12.9. The standard InChI is InChI=1S/C31H32ClNO5/c1-30(2)13-22(34)28-24(15-30)38-25-16-31(3,4)14-23(35)29(25)27(28)18-8-7-9-19(12-18)37-17-26(36)33-21-11-6-5-10-20(21)32/h5-12,27H,13-17H2,1-4H3,(H,33,36). The van der Waals surface area contributed by atoms with Crippen LogP contribution in [-0.4, -0.2) is 24.1 Å². The average molecular weight is 534 g/mol. The van der Waals surface area contributed by atoms with Crippen LogP contribution in [0.4, 0.5) is 5.69 Å². The van der Waals surface area contributed by atoms with Crippen molar-refractivity contribution in [3.8, 4) is 5.75 Å². The Kier molecular flexibility index (Phi) is 6.72. The molecule has 38 heavy (non-hydrogen) atoms. The van der Waals surface area contributed by atoms with Crippen LogP contribution in [0.3, 0.4) is 0 Å². The van der Waals surface area contributed by atoms with Gasteiger partial charge >= 0.3 is 0 Å². The van der Waals surface area contributed by atoms with Crippen molar-refractivity contribution < 1.29 is 23.9 Å². The minimum Gasteiger partial charge on any atom is -0.484 e. The number of halogens is 1. The Bertz CT molecular complexity index is 1350. The fourth-order valence-corrected chi connectivity index (χ4v) is 5.87. The van der Waals surface area contributed by atoms with Crippen molar-refractivity contribution in [3.05, 3.63) is 81.8 Å². The summed E-state index contributed by atoms with van der Waals surface area (Å²) in [6.45, 7) is 8.04. The van der Waals surface area contributed by atoms with Crippen molar-refractivity contribution >= 4 is 34.8 Å². The van der Waals surface area contributed by atoms with Crippen molar-refractivity contribution in [1.29, 1.82) is 0 Å². The van der Waals surface area contributed by atoms with E-state index in [9.17, 15) is 14.4 Å². The average Bonchev–Trinajstić information content (AvgIpc) is 2.81. The minimum atomic E-state index is -0.513. The van der Waals surface area contributed by atoms with E-state index in [-0.39, 0.29) is 34.9 Å². The smallest absolute Gasteiger partial charge is 0.262 e. The van der Waals surface area contributed by atoms with Gasteiger partial charge in [-0.3, -0.25) is 14.4 Å². The summed E-state index contributed by atoms with van der Waals surface area (Å²) < 4.78 is 12.2. The number of ether oxygens (including phenoxy) is 2. The highest BCUT2D eigenvalue weighted by molar-refractivity contribution is 6.33. The molecule has 0 saturated heterocycles. The number of para-hydroxylation sites is 1. The van der Waals surface area contributed by atoms with Gasteiger partial charge in [-0.05, 0) is 40.7 Å². The number of ketones is 2. The number of benzene rings is 2. The second-order valence-electron chi connectivity index (χ2n) is 12.0. The number of carbonyl (C=O) groups excluding carboxylic acids is 3. The first-order chi connectivity index (χ1) is 17.9. The van der Waals surface area contributed by atoms with Crippen LogP contribution >= 0.6 is 11.6 Å². The molecule has 0 aromatic heterocycles. The van der Waals surface area contributed by atoms with Crippen molar-refractivity contribution in [1.82, 2.24) is 0 Å². The van der Waals surface area contributed by atoms with Gasteiger partial charge in [0.25, 0.3) is 5.91 Å². The summed E-state index contributed by atoms with van der Waals surface area (Å²) in [5, 5.41) is 3.18. The predicted octanol–water partition coefficient (Wildman–Crippen LogP) is 6.76. The fourth-order valence-electron chi connectivity index (χ4n) is 5.69. The molecule has 2 aromatic rings. The Hall–Kier alpha value is -3.38. The maximum absolute atomic E-state index is 13.5. The molecule has 198 valence electrons. The number of amides is 1. The Morgan fingerprint density at radius 2 is 1.53 bits per heavy atom. The van der Waals surface area contributed by atoms with Gasteiger partial charge < -0.3 is 14.8 Å². The Balaban J connectivity index is 1.45. The molecule has 3 aliphatic rings. The van der Waals surface area contributed by atoms with Gasteiger partial charge in [-0.15, -0.1) is 0 Å². The molecule has 0 bridgehead atoms.